The lowest BCUT2D eigenvalue weighted by atomic mass is 10.1. The minimum atomic E-state index is -0.119. The number of hydrogen-bond donors (Lipinski definition) is 0. The summed E-state index contributed by atoms with van der Waals surface area (Å²) in [6.07, 6.45) is 0. The molecular formula is C6H10INO. The second-order valence-electron chi connectivity index (χ2n) is 2.79. The molecule has 0 amide bonds. The molecule has 1 fully saturated rings. The molecule has 1 aliphatic heterocycles. The van der Waals surface area contributed by atoms with Gasteiger partial charge in [-0.3, -0.25) is 9.69 Å². The minimum absolute atomic E-state index is 0.119. The van der Waals surface area contributed by atoms with E-state index >= 15 is 0 Å². The van der Waals surface area contributed by atoms with Crippen LogP contribution in [0.25, 0.3) is 0 Å². The first-order valence-electron chi connectivity index (χ1n) is 2.93. The lowest BCUT2D eigenvalue weighted by Gasteiger charge is -2.11. The second kappa shape index (κ2) is 2.20. The lowest BCUT2D eigenvalue weighted by molar-refractivity contribution is -0.117. The number of carbonyl (C=O) groups is 1. The lowest BCUT2D eigenvalue weighted by Crippen LogP contribution is -2.26. The van der Waals surface area contributed by atoms with Crippen LogP contribution in [0.1, 0.15) is 6.92 Å². The largest absolute Gasteiger partial charge is 0.297 e. The van der Waals surface area contributed by atoms with Crippen LogP contribution in [-0.2, 0) is 4.79 Å². The summed E-state index contributed by atoms with van der Waals surface area (Å²) in [6, 6.07) is 0. The maximum absolute atomic E-state index is 11.1. The Labute approximate surface area is 68.7 Å². The van der Waals surface area contributed by atoms with Crippen LogP contribution in [0.3, 0.4) is 0 Å². The molecule has 1 saturated heterocycles. The normalized spacial score (nSPS) is 37.9. The number of ketones is 1. The third-order valence-corrected chi connectivity index (χ3v) is 2.50. The molecule has 52 valence electrons. The Kier molecular flexibility index (Phi) is 1.82. The molecule has 0 saturated carbocycles. The van der Waals surface area contributed by atoms with Crippen molar-refractivity contribution in [3.05, 3.63) is 0 Å². The summed E-state index contributed by atoms with van der Waals surface area (Å²) in [6.45, 7) is 3.51. The van der Waals surface area contributed by atoms with Gasteiger partial charge < -0.3 is 0 Å². The van der Waals surface area contributed by atoms with Gasteiger partial charge in [0, 0.05) is 6.54 Å². The number of alkyl halides is 1. The number of Topliss-reactive ketones (excluding diaryl/α,β-unsaturated/α-hetero) is 1. The molecule has 2 nitrogen and oxygen atoms in total. The Morgan fingerprint density at radius 1 is 1.78 bits per heavy atom. The highest BCUT2D eigenvalue weighted by molar-refractivity contribution is 14.1. The smallest absolute Gasteiger partial charge is 0.163 e. The summed E-state index contributed by atoms with van der Waals surface area (Å²) < 4.78 is -0.119. The van der Waals surface area contributed by atoms with Crippen molar-refractivity contribution in [1.29, 1.82) is 0 Å². The maximum atomic E-state index is 11.1. The van der Waals surface area contributed by atoms with Crippen molar-refractivity contribution >= 4 is 28.4 Å². The van der Waals surface area contributed by atoms with E-state index in [-0.39, 0.29) is 3.42 Å². The van der Waals surface area contributed by atoms with Crippen LogP contribution >= 0.6 is 22.6 Å². The zero-order valence-electron chi connectivity index (χ0n) is 5.65. The first-order valence-corrected chi connectivity index (χ1v) is 4.01. The van der Waals surface area contributed by atoms with Gasteiger partial charge in [-0.1, -0.05) is 22.6 Å². The number of likely N-dealkylation sites (N-methyl/N-ethyl adjacent to an activating group) is 1. The SMILES string of the molecule is CN1CC(=O)[C@@](C)(I)C1. The van der Waals surface area contributed by atoms with Crippen LogP contribution in [0.4, 0.5) is 0 Å². The molecule has 0 radical (unpaired) electrons. The summed E-state index contributed by atoms with van der Waals surface area (Å²) in [4.78, 5) is 13.1. The molecule has 1 aliphatic rings. The van der Waals surface area contributed by atoms with Gasteiger partial charge in [-0.2, -0.15) is 0 Å². The van der Waals surface area contributed by atoms with Crippen molar-refractivity contribution in [3.8, 4) is 0 Å². The van der Waals surface area contributed by atoms with Gasteiger partial charge in [-0.15, -0.1) is 0 Å². The van der Waals surface area contributed by atoms with Crippen LogP contribution in [0.5, 0.6) is 0 Å². The number of halogens is 1. The molecule has 1 rings (SSSR count). The van der Waals surface area contributed by atoms with Gasteiger partial charge in [0.2, 0.25) is 0 Å². The summed E-state index contributed by atoms with van der Waals surface area (Å²) in [5.41, 5.74) is 0. The highest BCUT2D eigenvalue weighted by atomic mass is 127. The fourth-order valence-electron chi connectivity index (χ4n) is 1.06. The van der Waals surface area contributed by atoms with Gasteiger partial charge in [-0.25, -0.2) is 0 Å². The summed E-state index contributed by atoms with van der Waals surface area (Å²) in [5.74, 6) is 0.352. The molecule has 0 unspecified atom stereocenters. The number of hydrogen-bond acceptors (Lipinski definition) is 2. The fourth-order valence-corrected chi connectivity index (χ4v) is 1.81. The van der Waals surface area contributed by atoms with Crippen LogP contribution in [0, 0.1) is 0 Å². The molecule has 0 N–H and O–H groups in total. The van der Waals surface area contributed by atoms with Crippen LogP contribution in [0.15, 0.2) is 0 Å². The molecule has 1 atom stereocenters. The van der Waals surface area contributed by atoms with E-state index in [1.807, 2.05) is 14.0 Å². The topological polar surface area (TPSA) is 20.3 Å². The number of likely N-dealkylation sites (tertiary alicyclic amines) is 1. The van der Waals surface area contributed by atoms with Crippen molar-refractivity contribution in [1.82, 2.24) is 4.90 Å². The summed E-state index contributed by atoms with van der Waals surface area (Å²) in [5, 5.41) is 0. The molecule has 0 bridgehead atoms. The molecule has 3 heteroatoms. The van der Waals surface area contributed by atoms with Gasteiger partial charge in [0.1, 0.15) is 0 Å². The third kappa shape index (κ3) is 1.43. The molecule has 9 heavy (non-hydrogen) atoms. The van der Waals surface area contributed by atoms with E-state index in [0.29, 0.717) is 12.3 Å². The summed E-state index contributed by atoms with van der Waals surface area (Å²) in [7, 11) is 1.97. The van der Waals surface area contributed by atoms with Crippen LogP contribution in [0.2, 0.25) is 0 Å². The van der Waals surface area contributed by atoms with E-state index in [2.05, 4.69) is 27.5 Å². The zero-order chi connectivity index (χ0) is 7.07. The van der Waals surface area contributed by atoms with E-state index in [1.165, 1.54) is 0 Å². The average molecular weight is 239 g/mol. The van der Waals surface area contributed by atoms with E-state index in [4.69, 9.17) is 0 Å². The van der Waals surface area contributed by atoms with Crippen molar-refractivity contribution in [2.24, 2.45) is 0 Å². The molecule has 0 aromatic heterocycles. The van der Waals surface area contributed by atoms with E-state index < -0.39 is 0 Å². The van der Waals surface area contributed by atoms with Crippen molar-refractivity contribution in [2.75, 3.05) is 20.1 Å². The monoisotopic (exact) mass is 239 g/mol. The highest BCUT2D eigenvalue weighted by Crippen LogP contribution is 2.25. The first kappa shape index (κ1) is 7.47. The van der Waals surface area contributed by atoms with Gasteiger partial charge in [0.05, 0.1) is 9.97 Å². The molecule has 1 heterocycles. The Balaban J connectivity index is 2.70. The number of nitrogens with zero attached hydrogens (tertiary/aromatic N) is 1. The Bertz CT molecular complexity index is 144. The van der Waals surface area contributed by atoms with Crippen molar-refractivity contribution < 1.29 is 4.79 Å². The predicted octanol–water partition coefficient (Wildman–Crippen LogP) is 0.695. The Hall–Kier alpha value is 0.360. The standard InChI is InChI=1S/C6H10INO/c1-6(7)4-8(2)3-5(6)9/h3-4H2,1-2H3/t6-/m0/s1. The maximum Gasteiger partial charge on any atom is 0.163 e. The Morgan fingerprint density at radius 3 is 2.44 bits per heavy atom. The fraction of sp³-hybridized carbons (Fsp3) is 0.833. The first-order chi connectivity index (χ1) is 4.02. The molecular weight excluding hydrogens is 229 g/mol. The van der Waals surface area contributed by atoms with Gasteiger partial charge in [0.25, 0.3) is 0 Å². The number of rotatable bonds is 0. The average Bonchev–Trinajstić information content (AvgIpc) is 1.79. The third-order valence-electron chi connectivity index (χ3n) is 1.56. The van der Waals surface area contributed by atoms with Crippen LogP contribution < -0.4 is 0 Å². The quantitative estimate of drug-likeness (QED) is 0.458. The van der Waals surface area contributed by atoms with Crippen molar-refractivity contribution in [3.63, 3.8) is 0 Å². The summed E-state index contributed by atoms with van der Waals surface area (Å²) >= 11 is 2.22. The van der Waals surface area contributed by atoms with Crippen molar-refractivity contribution in [2.45, 2.75) is 10.3 Å². The molecule has 0 aromatic rings. The van der Waals surface area contributed by atoms with Gasteiger partial charge in [-0.05, 0) is 14.0 Å². The molecule has 0 aromatic carbocycles. The zero-order valence-corrected chi connectivity index (χ0v) is 7.81. The highest BCUT2D eigenvalue weighted by Gasteiger charge is 2.37. The van der Waals surface area contributed by atoms with Crippen LogP contribution in [-0.4, -0.2) is 34.2 Å². The minimum Gasteiger partial charge on any atom is -0.297 e. The van der Waals surface area contributed by atoms with E-state index in [1.54, 1.807) is 0 Å². The number of carbonyl (C=O) groups excluding carboxylic acids is 1. The second-order valence-corrected chi connectivity index (χ2v) is 5.17. The molecule has 0 spiro atoms. The molecule has 0 aliphatic carbocycles. The Morgan fingerprint density at radius 2 is 2.33 bits per heavy atom. The van der Waals surface area contributed by atoms with E-state index in [9.17, 15) is 4.79 Å². The van der Waals surface area contributed by atoms with Gasteiger partial charge in [0.15, 0.2) is 5.78 Å². The predicted molar refractivity (Wildman–Crippen MR) is 44.9 cm³/mol. The van der Waals surface area contributed by atoms with Gasteiger partial charge >= 0.3 is 0 Å². The van der Waals surface area contributed by atoms with E-state index in [0.717, 1.165) is 6.54 Å².